The van der Waals surface area contributed by atoms with Crippen LogP contribution in [0.3, 0.4) is 0 Å². The summed E-state index contributed by atoms with van der Waals surface area (Å²) in [6, 6.07) is 44.1. The molecule has 0 spiro atoms. The van der Waals surface area contributed by atoms with Crippen LogP contribution < -0.4 is 9.80 Å². The lowest BCUT2D eigenvalue weighted by molar-refractivity contribution is -0.122. The van der Waals surface area contributed by atoms with Crippen LogP contribution >= 0.6 is 15.9 Å². The van der Waals surface area contributed by atoms with E-state index < -0.39 is 11.8 Å². The minimum Gasteiger partial charge on any atom is -0.462 e. The molecule has 5 aromatic carbocycles. The summed E-state index contributed by atoms with van der Waals surface area (Å²) in [5, 5.41) is 0. The highest BCUT2D eigenvalue weighted by Crippen LogP contribution is 2.55. The van der Waals surface area contributed by atoms with Crippen molar-refractivity contribution in [2.45, 2.75) is 25.1 Å². The van der Waals surface area contributed by atoms with Crippen LogP contribution in [0, 0.1) is 0 Å². The van der Waals surface area contributed by atoms with E-state index in [0.29, 0.717) is 28.3 Å². The highest BCUT2D eigenvalue weighted by Gasteiger charge is 2.55. The third-order valence-corrected chi connectivity index (χ3v) is 8.89. The van der Waals surface area contributed by atoms with Crippen molar-refractivity contribution in [3.8, 4) is 0 Å². The van der Waals surface area contributed by atoms with Crippen LogP contribution in [0.4, 0.5) is 11.4 Å². The fourth-order valence-corrected chi connectivity index (χ4v) is 6.77. The fourth-order valence-electron chi connectivity index (χ4n) is 6.36. The summed E-state index contributed by atoms with van der Waals surface area (Å²) in [5.41, 5.74) is 3.57. The average Bonchev–Trinajstić information content (AvgIpc) is 3.21. The zero-order valence-corrected chi connectivity index (χ0v) is 25.6. The van der Waals surface area contributed by atoms with Gasteiger partial charge in [-0.1, -0.05) is 119 Å². The van der Waals surface area contributed by atoms with Crippen LogP contribution in [0.25, 0.3) is 5.76 Å². The molecule has 2 amide bonds. The number of rotatable bonds is 4. The number of halogens is 1. The molecule has 216 valence electrons. The van der Waals surface area contributed by atoms with E-state index in [4.69, 9.17) is 4.74 Å². The van der Waals surface area contributed by atoms with Gasteiger partial charge in [-0.05, 0) is 48.9 Å². The molecule has 0 radical (unpaired) electrons. The van der Waals surface area contributed by atoms with Gasteiger partial charge in [0.25, 0.3) is 11.8 Å². The second-order valence-corrected chi connectivity index (χ2v) is 11.9. The molecule has 5 aromatic rings. The Balaban J connectivity index is 1.55. The van der Waals surface area contributed by atoms with Crippen molar-refractivity contribution >= 4 is 44.9 Å². The summed E-state index contributed by atoms with van der Waals surface area (Å²) < 4.78 is 8.12. The first-order valence-corrected chi connectivity index (χ1v) is 15.4. The van der Waals surface area contributed by atoms with Crippen molar-refractivity contribution in [1.82, 2.24) is 0 Å². The lowest BCUT2D eigenvalue weighted by atomic mass is 9.87. The number of carbonyl (C=O) groups is 2. The van der Waals surface area contributed by atoms with Gasteiger partial charge in [-0.15, -0.1) is 0 Å². The average molecular weight is 642 g/mol. The molecule has 44 heavy (non-hydrogen) atoms. The molecule has 0 saturated carbocycles. The van der Waals surface area contributed by atoms with Gasteiger partial charge in [-0.2, -0.15) is 0 Å². The van der Waals surface area contributed by atoms with E-state index in [1.54, 1.807) is 4.90 Å². The number of para-hydroxylation sites is 2. The molecule has 2 aliphatic rings. The monoisotopic (exact) mass is 640 g/mol. The van der Waals surface area contributed by atoms with Crippen molar-refractivity contribution in [3.63, 3.8) is 0 Å². The molecule has 2 heterocycles. The first-order valence-electron chi connectivity index (χ1n) is 14.6. The maximum absolute atomic E-state index is 14.8. The Hall–Kier alpha value is -4.94. The number of nitrogens with zero attached hydrogens (tertiary/aromatic N) is 2. The molecule has 2 aliphatic heterocycles. The third kappa shape index (κ3) is 4.63. The summed E-state index contributed by atoms with van der Waals surface area (Å²) in [7, 11) is 0. The van der Waals surface area contributed by atoms with Gasteiger partial charge in [-0.3, -0.25) is 19.4 Å². The summed E-state index contributed by atoms with van der Waals surface area (Å²) in [5.74, 6) is 0.198. The van der Waals surface area contributed by atoms with Crippen LogP contribution in [0.2, 0.25) is 0 Å². The minimum atomic E-state index is -1.28. The van der Waals surface area contributed by atoms with Crippen LogP contribution in [-0.2, 0) is 15.3 Å². The first-order chi connectivity index (χ1) is 21.5. The van der Waals surface area contributed by atoms with Gasteiger partial charge in [0.05, 0.1) is 23.0 Å². The predicted octanol–water partition coefficient (Wildman–Crippen LogP) is 8.89. The maximum Gasteiger partial charge on any atom is 0.261 e. The number of carbonyl (C=O) groups excluding carboxylic acids is 2. The second-order valence-electron chi connectivity index (χ2n) is 11.0. The van der Waals surface area contributed by atoms with Crippen LogP contribution in [0.1, 0.15) is 46.4 Å². The lowest BCUT2D eigenvalue weighted by Gasteiger charge is -2.47. The topological polar surface area (TPSA) is 49.9 Å². The number of benzene rings is 5. The molecule has 6 heteroatoms. The van der Waals surface area contributed by atoms with Gasteiger partial charge < -0.3 is 4.74 Å². The van der Waals surface area contributed by atoms with Crippen molar-refractivity contribution in [2.75, 3.05) is 9.80 Å². The second kappa shape index (κ2) is 11.3. The van der Waals surface area contributed by atoms with Crippen molar-refractivity contribution in [2.24, 2.45) is 0 Å². The zero-order chi connectivity index (χ0) is 30.3. The Morgan fingerprint density at radius 2 is 1.39 bits per heavy atom. The van der Waals surface area contributed by atoms with E-state index >= 15 is 0 Å². The Kier molecular flexibility index (Phi) is 7.15. The number of ether oxygens (including phenoxy) is 1. The van der Waals surface area contributed by atoms with E-state index in [9.17, 15) is 9.59 Å². The number of amides is 2. The Bertz CT molecular complexity index is 1890. The lowest BCUT2D eigenvalue weighted by Crippen LogP contribution is -2.55. The molecule has 0 fully saturated rings. The predicted molar refractivity (Wildman–Crippen MR) is 177 cm³/mol. The van der Waals surface area contributed by atoms with Gasteiger partial charge in [0.1, 0.15) is 5.76 Å². The van der Waals surface area contributed by atoms with Gasteiger partial charge in [0, 0.05) is 27.6 Å². The molecule has 0 bridgehead atoms. The van der Waals surface area contributed by atoms with Crippen LogP contribution in [0.15, 0.2) is 150 Å². The quantitative estimate of drug-likeness (QED) is 0.197. The molecule has 0 aliphatic carbocycles. The molecular formula is C38H29BrN2O3. The molecular weight excluding hydrogens is 612 g/mol. The van der Waals surface area contributed by atoms with Gasteiger partial charge in [0.2, 0.25) is 5.72 Å². The van der Waals surface area contributed by atoms with E-state index in [1.165, 1.54) is 0 Å². The molecule has 0 N–H and O–H groups in total. The first kappa shape index (κ1) is 27.9. The smallest absolute Gasteiger partial charge is 0.261 e. The highest BCUT2D eigenvalue weighted by atomic mass is 79.9. The van der Waals surface area contributed by atoms with Crippen LogP contribution in [-0.4, -0.2) is 11.8 Å². The highest BCUT2D eigenvalue weighted by molar-refractivity contribution is 9.10. The van der Waals surface area contributed by atoms with E-state index in [1.807, 2.05) is 151 Å². The van der Waals surface area contributed by atoms with Crippen molar-refractivity contribution < 1.29 is 14.3 Å². The molecule has 0 saturated heterocycles. The van der Waals surface area contributed by atoms with Gasteiger partial charge in [-0.25, -0.2) is 0 Å². The summed E-state index contributed by atoms with van der Waals surface area (Å²) in [6.45, 7) is 1.81. The number of hydrogen-bond donors (Lipinski definition) is 0. The van der Waals surface area contributed by atoms with Gasteiger partial charge >= 0.3 is 0 Å². The Labute approximate surface area is 265 Å². The van der Waals surface area contributed by atoms with Crippen LogP contribution in [0.5, 0.6) is 0 Å². The van der Waals surface area contributed by atoms with Crippen molar-refractivity contribution in [3.05, 3.63) is 172 Å². The zero-order valence-electron chi connectivity index (χ0n) is 24.1. The minimum absolute atomic E-state index is 0.161. The number of hydrogen-bond acceptors (Lipinski definition) is 3. The van der Waals surface area contributed by atoms with E-state index in [-0.39, 0.29) is 18.2 Å². The van der Waals surface area contributed by atoms with E-state index in [2.05, 4.69) is 15.9 Å². The Morgan fingerprint density at radius 1 is 0.773 bits per heavy atom. The SMILES string of the molecule is CC1=C(c2ccccc2)OC2(c3ccccc3)CC(c3cccc(Br)c3)N(C(=O)c3ccccc3)c3ccccc3N2C1=O. The Morgan fingerprint density at radius 3 is 2.07 bits per heavy atom. The van der Waals surface area contributed by atoms with Gasteiger partial charge in [0.15, 0.2) is 0 Å². The maximum atomic E-state index is 14.8. The molecule has 5 nitrogen and oxygen atoms in total. The summed E-state index contributed by atoms with van der Waals surface area (Å²) in [6.07, 6.45) is 0.274. The molecule has 0 aromatic heterocycles. The fraction of sp³-hybridized carbons (Fsp3) is 0.105. The normalized spacial score (nSPS) is 19.5. The molecule has 2 unspecified atom stereocenters. The van der Waals surface area contributed by atoms with E-state index in [0.717, 1.165) is 21.2 Å². The molecule has 7 rings (SSSR count). The number of anilines is 2. The third-order valence-electron chi connectivity index (χ3n) is 8.39. The summed E-state index contributed by atoms with van der Waals surface area (Å²) >= 11 is 3.66. The standard InChI is InChI=1S/C38H29BrN2O3/c1-26-35(27-14-5-2-6-15-27)44-38(30-19-9-4-10-20-30)25-34(29-18-13-21-31(39)24-29)40(37(43)28-16-7-3-8-17-28)32-22-11-12-23-33(32)41(38)36(26)42/h2-24,34H,25H2,1H3. The van der Waals surface area contributed by atoms with Crippen molar-refractivity contribution in [1.29, 1.82) is 0 Å². The molecule has 2 atom stereocenters. The summed E-state index contributed by atoms with van der Waals surface area (Å²) in [4.78, 5) is 33.0. The number of fused-ring (bicyclic) bond motifs is 3. The largest absolute Gasteiger partial charge is 0.462 e.